The van der Waals surface area contributed by atoms with E-state index in [1.54, 1.807) is 12.1 Å². The predicted molar refractivity (Wildman–Crippen MR) is 99.6 cm³/mol. The number of carbonyl (C=O) groups excluding carboxylic acids is 2. The molecule has 7 nitrogen and oxygen atoms in total. The Bertz CT molecular complexity index is 915. The van der Waals surface area contributed by atoms with Gasteiger partial charge in [-0.3, -0.25) is 9.69 Å². The van der Waals surface area contributed by atoms with Gasteiger partial charge in [-0.1, -0.05) is 12.1 Å². The Morgan fingerprint density at radius 3 is 2.14 bits per heavy atom. The average Bonchev–Trinajstić information content (AvgIpc) is 2.96. The number of methoxy groups -OCH3 is 3. The van der Waals surface area contributed by atoms with E-state index in [1.807, 2.05) is 0 Å². The molecule has 2 aromatic rings. The highest BCUT2D eigenvalue weighted by molar-refractivity contribution is 6.13. The van der Waals surface area contributed by atoms with Gasteiger partial charge in [-0.05, 0) is 41.5 Å². The van der Waals surface area contributed by atoms with Crippen molar-refractivity contribution >= 4 is 18.0 Å². The maximum atomic E-state index is 13.0. The molecule has 8 heteroatoms. The highest BCUT2D eigenvalue weighted by Gasteiger charge is 2.33. The SMILES string of the molecule is COc1cc(/C=C2/NC(=O)N(Cc3ccc(F)cc3)C2=O)cc(OC)c1OC. The Labute approximate surface area is 161 Å². The van der Waals surface area contributed by atoms with Crippen molar-refractivity contribution < 1.29 is 28.2 Å². The lowest BCUT2D eigenvalue weighted by Crippen LogP contribution is -2.30. The fourth-order valence-electron chi connectivity index (χ4n) is 2.84. The molecular weight excluding hydrogens is 367 g/mol. The minimum absolute atomic E-state index is 0.0392. The zero-order valence-electron chi connectivity index (χ0n) is 15.6. The Balaban J connectivity index is 1.88. The number of nitrogens with one attached hydrogen (secondary N) is 1. The first-order valence-corrected chi connectivity index (χ1v) is 8.35. The fraction of sp³-hybridized carbons (Fsp3) is 0.200. The van der Waals surface area contributed by atoms with Gasteiger partial charge in [0.2, 0.25) is 5.75 Å². The maximum absolute atomic E-state index is 13.0. The highest BCUT2D eigenvalue weighted by Crippen LogP contribution is 2.38. The molecule has 1 aliphatic heterocycles. The van der Waals surface area contributed by atoms with Crippen molar-refractivity contribution in [3.63, 3.8) is 0 Å². The number of nitrogens with zero attached hydrogens (tertiary/aromatic N) is 1. The molecule has 0 radical (unpaired) electrons. The summed E-state index contributed by atoms with van der Waals surface area (Å²) in [6.07, 6.45) is 1.52. The molecule has 0 saturated carbocycles. The maximum Gasteiger partial charge on any atom is 0.329 e. The molecule has 1 fully saturated rings. The van der Waals surface area contributed by atoms with E-state index in [-0.39, 0.29) is 18.1 Å². The number of halogens is 1. The topological polar surface area (TPSA) is 77.1 Å². The summed E-state index contributed by atoms with van der Waals surface area (Å²) in [6.45, 7) is 0.0392. The van der Waals surface area contributed by atoms with Gasteiger partial charge in [-0.2, -0.15) is 0 Å². The number of amides is 3. The summed E-state index contributed by atoms with van der Waals surface area (Å²) in [6, 6.07) is 8.38. The van der Waals surface area contributed by atoms with Gasteiger partial charge < -0.3 is 19.5 Å². The summed E-state index contributed by atoms with van der Waals surface area (Å²) in [7, 11) is 4.47. The van der Waals surface area contributed by atoms with E-state index in [4.69, 9.17) is 14.2 Å². The van der Waals surface area contributed by atoms with Crippen LogP contribution in [0.1, 0.15) is 11.1 Å². The van der Waals surface area contributed by atoms with Crippen LogP contribution < -0.4 is 19.5 Å². The number of carbonyl (C=O) groups is 2. The number of ether oxygens (including phenoxy) is 3. The summed E-state index contributed by atoms with van der Waals surface area (Å²) < 4.78 is 28.9. The molecule has 3 rings (SSSR count). The number of hydrogen-bond acceptors (Lipinski definition) is 5. The molecule has 0 spiro atoms. The molecule has 28 heavy (non-hydrogen) atoms. The van der Waals surface area contributed by atoms with Crippen molar-refractivity contribution in [1.82, 2.24) is 10.2 Å². The molecule has 3 amide bonds. The standard InChI is InChI=1S/C20H19FN2O5/c1-26-16-9-13(10-17(27-2)18(16)28-3)8-15-19(24)23(20(25)22-15)11-12-4-6-14(21)7-5-12/h4-10H,11H2,1-3H3,(H,22,25)/b15-8+. The number of imide groups is 1. The van der Waals surface area contributed by atoms with E-state index in [2.05, 4.69) is 5.32 Å². The van der Waals surface area contributed by atoms with Crippen LogP contribution in [0.15, 0.2) is 42.1 Å². The summed E-state index contributed by atoms with van der Waals surface area (Å²) >= 11 is 0. The van der Waals surface area contributed by atoms with Crippen molar-refractivity contribution in [2.24, 2.45) is 0 Å². The van der Waals surface area contributed by atoms with Crippen LogP contribution >= 0.6 is 0 Å². The Morgan fingerprint density at radius 1 is 1.00 bits per heavy atom. The molecule has 0 atom stereocenters. The Morgan fingerprint density at radius 2 is 1.61 bits per heavy atom. The normalized spacial score (nSPS) is 15.0. The smallest absolute Gasteiger partial charge is 0.329 e. The lowest BCUT2D eigenvalue weighted by atomic mass is 10.1. The fourth-order valence-corrected chi connectivity index (χ4v) is 2.84. The molecule has 1 heterocycles. The lowest BCUT2D eigenvalue weighted by molar-refractivity contribution is -0.123. The van der Waals surface area contributed by atoms with Gasteiger partial charge in [-0.15, -0.1) is 0 Å². The first-order chi connectivity index (χ1) is 13.5. The van der Waals surface area contributed by atoms with Gasteiger partial charge in [0, 0.05) is 0 Å². The summed E-state index contributed by atoms with van der Waals surface area (Å²) in [5, 5.41) is 2.55. The Hall–Kier alpha value is -3.55. The molecule has 0 aliphatic carbocycles. The van der Waals surface area contributed by atoms with Crippen LogP contribution in [-0.4, -0.2) is 38.2 Å². The van der Waals surface area contributed by atoms with Gasteiger partial charge in [0.25, 0.3) is 5.91 Å². The van der Waals surface area contributed by atoms with Crippen molar-refractivity contribution in [2.75, 3.05) is 21.3 Å². The van der Waals surface area contributed by atoms with Gasteiger partial charge >= 0.3 is 6.03 Å². The van der Waals surface area contributed by atoms with Crippen molar-refractivity contribution in [2.45, 2.75) is 6.54 Å². The quantitative estimate of drug-likeness (QED) is 0.610. The van der Waals surface area contributed by atoms with Gasteiger partial charge in [-0.25, -0.2) is 9.18 Å². The monoisotopic (exact) mass is 386 g/mol. The average molecular weight is 386 g/mol. The van der Waals surface area contributed by atoms with Gasteiger partial charge in [0.05, 0.1) is 27.9 Å². The lowest BCUT2D eigenvalue weighted by Gasteiger charge is -2.13. The zero-order valence-corrected chi connectivity index (χ0v) is 15.6. The molecule has 146 valence electrons. The first-order valence-electron chi connectivity index (χ1n) is 8.35. The van der Waals surface area contributed by atoms with E-state index in [0.29, 0.717) is 28.4 Å². The summed E-state index contributed by atoms with van der Waals surface area (Å²) in [5.74, 6) is 0.404. The van der Waals surface area contributed by atoms with Gasteiger partial charge in [0.1, 0.15) is 11.5 Å². The number of benzene rings is 2. The van der Waals surface area contributed by atoms with Crippen LogP contribution in [0.25, 0.3) is 6.08 Å². The second-order valence-electron chi connectivity index (χ2n) is 5.96. The molecule has 1 N–H and O–H groups in total. The van der Waals surface area contributed by atoms with Crippen molar-refractivity contribution in [3.8, 4) is 17.2 Å². The largest absolute Gasteiger partial charge is 0.493 e. The highest BCUT2D eigenvalue weighted by atomic mass is 19.1. The number of rotatable bonds is 6. The third-order valence-corrected chi connectivity index (χ3v) is 4.21. The molecule has 0 unspecified atom stereocenters. The van der Waals surface area contributed by atoms with Crippen molar-refractivity contribution in [1.29, 1.82) is 0 Å². The molecule has 1 saturated heterocycles. The molecule has 1 aliphatic rings. The van der Waals surface area contributed by atoms with E-state index in [9.17, 15) is 14.0 Å². The van der Waals surface area contributed by atoms with E-state index >= 15 is 0 Å². The van der Waals surface area contributed by atoms with E-state index < -0.39 is 11.9 Å². The third kappa shape index (κ3) is 3.75. The third-order valence-electron chi connectivity index (χ3n) is 4.21. The Kier molecular flexibility index (Phi) is 5.49. The number of hydrogen-bond donors (Lipinski definition) is 1. The predicted octanol–water partition coefficient (Wildman–Crippen LogP) is 2.94. The first kappa shape index (κ1) is 19.2. The molecule has 0 aromatic heterocycles. The van der Waals surface area contributed by atoms with Crippen LogP contribution in [0, 0.1) is 5.82 Å². The number of urea groups is 1. The zero-order chi connectivity index (χ0) is 20.3. The second-order valence-corrected chi connectivity index (χ2v) is 5.96. The van der Waals surface area contributed by atoms with Crippen LogP contribution in [-0.2, 0) is 11.3 Å². The van der Waals surface area contributed by atoms with Crippen LogP contribution in [0.4, 0.5) is 9.18 Å². The molecule has 2 aromatic carbocycles. The van der Waals surface area contributed by atoms with Crippen LogP contribution in [0.2, 0.25) is 0 Å². The minimum atomic E-state index is -0.548. The summed E-state index contributed by atoms with van der Waals surface area (Å²) in [5.41, 5.74) is 1.34. The summed E-state index contributed by atoms with van der Waals surface area (Å²) in [4.78, 5) is 25.9. The van der Waals surface area contributed by atoms with E-state index in [0.717, 1.165) is 4.90 Å². The van der Waals surface area contributed by atoms with E-state index in [1.165, 1.54) is 51.7 Å². The molecular formula is C20H19FN2O5. The second kappa shape index (κ2) is 7.99. The van der Waals surface area contributed by atoms with Crippen LogP contribution in [0.3, 0.4) is 0 Å². The van der Waals surface area contributed by atoms with Crippen LogP contribution in [0.5, 0.6) is 17.2 Å². The van der Waals surface area contributed by atoms with Gasteiger partial charge in [0.15, 0.2) is 11.5 Å². The van der Waals surface area contributed by atoms with Crippen molar-refractivity contribution in [3.05, 3.63) is 59.0 Å². The minimum Gasteiger partial charge on any atom is -0.493 e. The molecule has 0 bridgehead atoms.